The Labute approximate surface area is 150 Å². The average Bonchev–Trinajstić information content (AvgIpc) is 3.44. The second-order valence-corrected chi connectivity index (χ2v) is 11.2. The molecule has 3 fully saturated rings. The fraction of sp³-hybridized carbons (Fsp3) is 0.667. The molecule has 3 aliphatic rings. The van der Waals surface area contributed by atoms with Crippen molar-refractivity contribution in [2.75, 3.05) is 39.3 Å². The van der Waals surface area contributed by atoms with Crippen LogP contribution in [-0.2, 0) is 0 Å². The maximum atomic E-state index is 4.80. The van der Waals surface area contributed by atoms with E-state index in [1.807, 2.05) is 0 Å². The van der Waals surface area contributed by atoms with E-state index in [0.717, 1.165) is 5.52 Å². The van der Waals surface area contributed by atoms with Crippen molar-refractivity contribution < 1.29 is 0 Å². The first-order chi connectivity index (χ1) is 12.4. The summed E-state index contributed by atoms with van der Waals surface area (Å²) in [5.41, 5.74) is 2.26. The van der Waals surface area contributed by atoms with Crippen molar-refractivity contribution in [1.29, 1.82) is 0 Å². The van der Waals surface area contributed by atoms with E-state index in [-0.39, 0.29) is 0 Å². The second-order valence-electron chi connectivity index (χ2n) is 7.67. The molecular formula is C18H29N6P. The average molecular weight is 360 g/mol. The molecule has 0 N–H and O–H groups in total. The van der Waals surface area contributed by atoms with Crippen LogP contribution in [0.25, 0.3) is 11.0 Å². The van der Waals surface area contributed by atoms with Gasteiger partial charge in [-0.1, -0.05) is 0 Å². The van der Waals surface area contributed by atoms with Crippen LogP contribution < -0.4 is 0 Å². The van der Waals surface area contributed by atoms with Crippen LogP contribution in [-0.4, -0.2) is 68.0 Å². The second kappa shape index (κ2) is 6.58. The molecule has 0 aliphatic carbocycles. The molecule has 0 spiro atoms. The van der Waals surface area contributed by atoms with Gasteiger partial charge in [0.25, 0.3) is 0 Å². The van der Waals surface area contributed by atoms with Crippen molar-refractivity contribution in [2.45, 2.75) is 38.5 Å². The van der Waals surface area contributed by atoms with Gasteiger partial charge in [-0.25, -0.2) is 0 Å². The van der Waals surface area contributed by atoms with Gasteiger partial charge in [-0.05, 0) is 0 Å². The van der Waals surface area contributed by atoms with E-state index in [4.69, 9.17) is 5.21 Å². The van der Waals surface area contributed by atoms with E-state index in [2.05, 4.69) is 47.8 Å². The number of aromatic nitrogens is 3. The van der Waals surface area contributed by atoms with Crippen LogP contribution in [0.1, 0.15) is 38.5 Å². The molecule has 0 bridgehead atoms. The van der Waals surface area contributed by atoms with Gasteiger partial charge in [0.05, 0.1) is 0 Å². The summed E-state index contributed by atoms with van der Waals surface area (Å²) in [5.74, 6) is 0. The van der Waals surface area contributed by atoms with Crippen LogP contribution in [0.4, 0.5) is 0 Å². The summed E-state index contributed by atoms with van der Waals surface area (Å²) in [4.78, 5) is 0. The number of hydrogen-bond acceptors (Lipinski definition) is 5. The Morgan fingerprint density at radius 3 is 1.68 bits per heavy atom. The molecule has 5 rings (SSSR count). The van der Waals surface area contributed by atoms with Gasteiger partial charge in [-0.15, -0.1) is 0 Å². The van der Waals surface area contributed by atoms with Gasteiger partial charge in [0.15, 0.2) is 0 Å². The minimum atomic E-state index is -2.24. The summed E-state index contributed by atoms with van der Waals surface area (Å²) in [6.45, 7) is 7.29. The number of benzene rings is 1. The Bertz CT molecular complexity index is 687. The summed E-state index contributed by atoms with van der Waals surface area (Å²) in [6, 6.07) is 8.54. The molecule has 1 aromatic carbocycles. The third kappa shape index (κ3) is 2.46. The zero-order chi connectivity index (χ0) is 16.7. The first-order valence-electron chi connectivity index (χ1n) is 9.97. The van der Waals surface area contributed by atoms with Crippen molar-refractivity contribution in [1.82, 2.24) is 28.8 Å². The van der Waals surface area contributed by atoms with Crippen LogP contribution in [0, 0.1) is 0 Å². The third-order valence-corrected chi connectivity index (χ3v) is 11.0. The number of para-hydroxylation sites is 1. The fourth-order valence-electron chi connectivity index (χ4n) is 5.14. The molecule has 0 unspecified atom stereocenters. The van der Waals surface area contributed by atoms with E-state index in [9.17, 15) is 0 Å². The van der Waals surface area contributed by atoms with Crippen LogP contribution >= 0.6 is 7.87 Å². The summed E-state index contributed by atoms with van der Waals surface area (Å²) in [7, 11) is -2.24. The molecule has 4 heterocycles. The molecule has 7 heteroatoms. The quantitative estimate of drug-likeness (QED) is 0.784. The Balaban J connectivity index is 1.73. The molecule has 1 aromatic heterocycles. The van der Waals surface area contributed by atoms with Gasteiger partial charge >= 0.3 is 150 Å². The summed E-state index contributed by atoms with van der Waals surface area (Å²) >= 11 is 0. The third-order valence-electron chi connectivity index (χ3n) is 6.23. The molecule has 0 radical (unpaired) electrons. The molecule has 0 saturated carbocycles. The van der Waals surface area contributed by atoms with Gasteiger partial charge in [0.1, 0.15) is 0 Å². The normalized spacial score (nSPS) is 24.6. The number of rotatable bonds is 4. The van der Waals surface area contributed by atoms with Crippen LogP contribution in [0.2, 0.25) is 0 Å². The van der Waals surface area contributed by atoms with Crippen LogP contribution in [0.15, 0.2) is 24.3 Å². The number of hydrogen-bond donors (Lipinski definition) is 0. The van der Waals surface area contributed by atoms with Crippen molar-refractivity contribution >= 4 is 18.9 Å². The standard InChI is InChI=1S/C18H29N6P/c1-2-10-18-17(9-1)19-20-24(18)25(21-11-3-4-12-21,22-13-5-6-14-22)23-15-7-8-16-23/h1-2,9-10,25H,3-8,11-16H2. The van der Waals surface area contributed by atoms with Gasteiger partial charge in [-0.3, -0.25) is 0 Å². The molecule has 0 amide bonds. The predicted molar refractivity (Wildman–Crippen MR) is 104 cm³/mol. The molecule has 136 valence electrons. The summed E-state index contributed by atoms with van der Waals surface area (Å²) in [5, 5.41) is 9.37. The maximum absolute atomic E-state index is 4.80. The van der Waals surface area contributed by atoms with E-state index in [0.29, 0.717) is 0 Å². The zero-order valence-corrected chi connectivity index (χ0v) is 16.0. The van der Waals surface area contributed by atoms with Crippen molar-refractivity contribution in [3.8, 4) is 0 Å². The molecule has 6 nitrogen and oxygen atoms in total. The van der Waals surface area contributed by atoms with Gasteiger partial charge < -0.3 is 0 Å². The van der Waals surface area contributed by atoms with Crippen LogP contribution in [0.3, 0.4) is 0 Å². The monoisotopic (exact) mass is 360 g/mol. The molecule has 25 heavy (non-hydrogen) atoms. The molecule has 3 aliphatic heterocycles. The molecule has 0 atom stereocenters. The molecule has 2 aromatic rings. The SMILES string of the molecule is c1ccc2c(c1)nnn2[PH](N1CCCC1)(N1CCCC1)N1CCCC1. The van der Waals surface area contributed by atoms with Gasteiger partial charge in [0, 0.05) is 0 Å². The zero-order valence-electron chi connectivity index (χ0n) is 15.0. The van der Waals surface area contributed by atoms with E-state index in [1.54, 1.807) is 0 Å². The van der Waals surface area contributed by atoms with Crippen molar-refractivity contribution in [3.63, 3.8) is 0 Å². The Hall–Kier alpha value is -1.07. The minimum absolute atomic E-state index is 1.04. The number of nitrogens with zero attached hydrogens (tertiary/aromatic N) is 6. The predicted octanol–water partition coefficient (Wildman–Crippen LogP) is 2.98. The van der Waals surface area contributed by atoms with Gasteiger partial charge in [0.2, 0.25) is 0 Å². The Morgan fingerprint density at radius 1 is 0.680 bits per heavy atom. The van der Waals surface area contributed by atoms with E-state index in [1.165, 1.54) is 83.3 Å². The Kier molecular flexibility index (Phi) is 4.25. The van der Waals surface area contributed by atoms with Crippen molar-refractivity contribution in [3.05, 3.63) is 24.3 Å². The number of fused-ring (bicyclic) bond motifs is 1. The molecule has 3 saturated heterocycles. The molecular weight excluding hydrogens is 331 g/mol. The van der Waals surface area contributed by atoms with Crippen LogP contribution in [0.5, 0.6) is 0 Å². The summed E-state index contributed by atoms with van der Waals surface area (Å²) < 4.78 is 10.9. The first-order valence-corrected chi connectivity index (χ1v) is 11.8. The summed E-state index contributed by atoms with van der Waals surface area (Å²) in [6.07, 6.45) is 7.93. The topological polar surface area (TPSA) is 40.4 Å². The van der Waals surface area contributed by atoms with E-state index < -0.39 is 7.87 Å². The first kappa shape index (κ1) is 16.1. The fourth-order valence-corrected chi connectivity index (χ4v) is 10.6. The Morgan fingerprint density at radius 2 is 1.16 bits per heavy atom. The van der Waals surface area contributed by atoms with Crippen molar-refractivity contribution in [2.24, 2.45) is 0 Å². The van der Waals surface area contributed by atoms with Gasteiger partial charge in [-0.2, -0.15) is 0 Å². The van der Waals surface area contributed by atoms with E-state index >= 15 is 0 Å².